The Bertz CT molecular complexity index is 1220. The first-order valence-corrected chi connectivity index (χ1v) is 12.7. The molecule has 12 nitrogen and oxygen atoms in total. The van der Waals surface area contributed by atoms with Gasteiger partial charge in [0.1, 0.15) is 17.2 Å². The Morgan fingerprint density at radius 3 is 1.24 bits per heavy atom. The van der Waals surface area contributed by atoms with E-state index in [4.69, 9.17) is 29.5 Å². The Balaban J connectivity index is 2.11. The van der Waals surface area contributed by atoms with Gasteiger partial charge in [-0.3, -0.25) is 28.8 Å². The topological polar surface area (TPSA) is 191 Å². The van der Waals surface area contributed by atoms with Crippen LogP contribution in [0.5, 0.6) is 17.2 Å². The van der Waals surface area contributed by atoms with Crippen LogP contribution in [0.4, 0.5) is 0 Å². The zero-order chi connectivity index (χ0) is 30.2. The predicted octanol–water partition coefficient (Wildman–Crippen LogP) is 4.34. The lowest BCUT2D eigenvalue weighted by atomic mass is 10.1. The molecule has 0 radical (unpaired) electrons. The van der Waals surface area contributed by atoms with Crippen molar-refractivity contribution in [1.82, 2.24) is 0 Å². The maximum absolute atomic E-state index is 12.2. The van der Waals surface area contributed by atoms with E-state index in [1.165, 1.54) is 18.2 Å². The fraction of sp³-hybridized carbons (Fsp3) is 0.310. The van der Waals surface area contributed by atoms with Gasteiger partial charge in [-0.15, -0.1) is 0 Å². The molecule has 3 N–H and O–H groups in total. The van der Waals surface area contributed by atoms with Gasteiger partial charge < -0.3 is 29.5 Å². The van der Waals surface area contributed by atoms with Crippen molar-refractivity contribution < 1.29 is 58.3 Å². The minimum atomic E-state index is -1.04. The molecular weight excluding hydrogens is 540 g/mol. The molecule has 0 aliphatic carbocycles. The number of ether oxygens (including phenoxy) is 3. The summed E-state index contributed by atoms with van der Waals surface area (Å²) < 4.78 is 15.8. The molecule has 41 heavy (non-hydrogen) atoms. The van der Waals surface area contributed by atoms with Crippen molar-refractivity contribution in [2.75, 3.05) is 0 Å². The molecular formula is C29H30O12. The van der Waals surface area contributed by atoms with Gasteiger partial charge in [-0.2, -0.15) is 0 Å². The number of rotatable bonds is 17. The average molecular weight is 571 g/mol. The van der Waals surface area contributed by atoms with Gasteiger partial charge in [0.25, 0.3) is 0 Å². The van der Waals surface area contributed by atoms with Crippen molar-refractivity contribution in [3.63, 3.8) is 0 Å². The number of aliphatic carboxylic acids is 3. The molecule has 2 aromatic rings. The number of carboxylic acid groups (broad SMARTS) is 3. The summed E-state index contributed by atoms with van der Waals surface area (Å²) in [5, 5.41) is 26.1. The van der Waals surface area contributed by atoms with Crippen LogP contribution >= 0.6 is 0 Å². The number of esters is 3. The Morgan fingerprint density at radius 2 is 0.854 bits per heavy atom. The quantitative estimate of drug-likeness (QED) is 0.139. The standard InChI is InChI=1S/C29H30O12/c30-24(31)4-1-7-27(36)39-21-14-12-19(13-15-21)10-11-20-16-22(40-28(37)8-2-5-25(32)33)18-23(17-20)41-29(38)9-3-6-26(34)35/h10-18H,1-9H2,(H,30,31)(H,32,33)(H,34,35)/b11-10+. The normalized spacial score (nSPS) is 10.6. The third-order valence-electron chi connectivity index (χ3n) is 5.26. The van der Waals surface area contributed by atoms with Gasteiger partial charge >= 0.3 is 35.8 Å². The second kappa shape index (κ2) is 16.9. The number of carbonyl (C=O) groups is 6. The number of carboxylic acids is 3. The van der Waals surface area contributed by atoms with Crippen LogP contribution in [0.15, 0.2) is 42.5 Å². The number of benzene rings is 2. The van der Waals surface area contributed by atoms with E-state index < -0.39 is 35.8 Å². The largest absolute Gasteiger partial charge is 0.481 e. The second-order valence-corrected chi connectivity index (χ2v) is 8.80. The number of hydrogen-bond acceptors (Lipinski definition) is 9. The van der Waals surface area contributed by atoms with Crippen LogP contribution in [-0.4, -0.2) is 51.1 Å². The van der Waals surface area contributed by atoms with Crippen LogP contribution in [0, 0.1) is 0 Å². The molecule has 218 valence electrons. The van der Waals surface area contributed by atoms with E-state index in [9.17, 15) is 28.8 Å². The Labute approximate surface area is 235 Å². The van der Waals surface area contributed by atoms with E-state index in [0.29, 0.717) is 11.1 Å². The fourth-order valence-electron chi connectivity index (χ4n) is 3.35. The number of carbonyl (C=O) groups excluding carboxylic acids is 3. The van der Waals surface area contributed by atoms with Crippen LogP contribution in [0.1, 0.15) is 68.9 Å². The van der Waals surface area contributed by atoms with E-state index >= 15 is 0 Å². The lowest BCUT2D eigenvalue weighted by molar-refractivity contribution is -0.139. The molecule has 0 saturated carbocycles. The Hall–Kier alpha value is -5.00. The van der Waals surface area contributed by atoms with Crippen LogP contribution in [-0.2, 0) is 28.8 Å². The van der Waals surface area contributed by atoms with Crippen molar-refractivity contribution in [3.05, 3.63) is 53.6 Å². The van der Waals surface area contributed by atoms with Gasteiger partial charge in [0.15, 0.2) is 0 Å². The molecule has 0 fully saturated rings. The number of hydrogen-bond donors (Lipinski definition) is 3. The van der Waals surface area contributed by atoms with Crippen LogP contribution in [0.3, 0.4) is 0 Å². The van der Waals surface area contributed by atoms with Gasteiger partial charge in [0, 0.05) is 44.6 Å². The van der Waals surface area contributed by atoms with Crippen molar-refractivity contribution >= 4 is 48.0 Å². The monoisotopic (exact) mass is 570 g/mol. The smallest absolute Gasteiger partial charge is 0.311 e. The fourth-order valence-corrected chi connectivity index (χ4v) is 3.35. The highest BCUT2D eigenvalue weighted by Gasteiger charge is 2.12. The molecule has 0 spiro atoms. The van der Waals surface area contributed by atoms with Crippen molar-refractivity contribution in [2.24, 2.45) is 0 Å². The summed E-state index contributed by atoms with van der Waals surface area (Å²) in [6.45, 7) is 0. The minimum Gasteiger partial charge on any atom is -0.481 e. The van der Waals surface area contributed by atoms with Crippen LogP contribution in [0.2, 0.25) is 0 Å². The van der Waals surface area contributed by atoms with E-state index in [0.717, 1.165) is 0 Å². The summed E-state index contributed by atoms with van der Waals surface area (Å²) in [7, 11) is 0. The SMILES string of the molecule is O=C(O)CCCC(=O)Oc1ccc(/C=C/c2cc(OC(=O)CCCC(=O)O)cc(OC(=O)CCCC(=O)O)c2)cc1. The van der Waals surface area contributed by atoms with Gasteiger partial charge in [0.05, 0.1) is 0 Å². The molecule has 0 amide bonds. The summed E-state index contributed by atoms with van der Waals surface area (Å²) in [5.41, 5.74) is 1.20. The minimum absolute atomic E-state index is 0.0269. The van der Waals surface area contributed by atoms with E-state index in [1.54, 1.807) is 36.4 Å². The molecule has 0 atom stereocenters. The highest BCUT2D eigenvalue weighted by molar-refractivity contribution is 5.78. The Kier molecular flexibility index (Phi) is 13.2. The molecule has 0 bridgehead atoms. The van der Waals surface area contributed by atoms with Crippen molar-refractivity contribution in [1.29, 1.82) is 0 Å². The molecule has 0 saturated heterocycles. The van der Waals surface area contributed by atoms with Crippen molar-refractivity contribution in [2.45, 2.75) is 57.8 Å². The summed E-state index contributed by atoms with van der Waals surface area (Å²) in [6.07, 6.45) is 2.89. The lowest BCUT2D eigenvalue weighted by Crippen LogP contribution is -2.11. The molecule has 0 aliphatic rings. The van der Waals surface area contributed by atoms with Crippen LogP contribution in [0.25, 0.3) is 12.2 Å². The second-order valence-electron chi connectivity index (χ2n) is 8.80. The average Bonchev–Trinajstić information content (AvgIpc) is 2.87. The molecule has 0 heterocycles. The Morgan fingerprint density at radius 1 is 0.488 bits per heavy atom. The zero-order valence-corrected chi connectivity index (χ0v) is 22.1. The molecule has 2 rings (SSSR count). The molecule has 0 aliphatic heterocycles. The predicted molar refractivity (Wildman–Crippen MR) is 143 cm³/mol. The summed E-state index contributed by atoms with van der Waals surface area (Å²) in [4.78, 5) is 68.1. The van der Waals surface area contributed by atoms with Gasteiger partial charge in [-0.25, -0.2) is 0 Å². The first-order chi connectivity index (χ1) is 19.5. The highest BCUT2D eigenvalue weighted by Crippen LogP contribution is 2.26. The van der Waals surface area contributed by atoms with E-state index in [2.05, 4.69) is 0 Å². The molecule has 0 unspecified atom stereocenters. The van der Waals surface area contributed by atoms with Gasteiger partial charge in [0.2, 0.25) is 0 Å². The van der Waals surface area contributed by atoms with Crippen LogP contribution < -0.4 is 14.2 Å². The lowest BCUT2D eigenvalue weighted by Gasteiger charge is -2.09. The summed E-state index contributed by atoms with van der Waals surface area (Å²) >= 11 is 0. The maximum Gasteiger partial charge on any atom is 0.311 e. The van der Waals surface area contributed by atoms with E-state index in [-0.39, 0.29) is 75.0 Å². The zero-order valence-electron chi connectivity index (χ0n) is 22.1. The molecule has 12 heteroatoms. The third kappa shape index (κ3) is 14.1. The molecule has 0 aromatic heterocycles. The highest BCUT2D eigenvalue weighted by atomic mass is 16.5. The maximum atomic E-state index is 12.2. The van der Waals surface area contributed by atoms with E-state index in [1.807, 2.05) is 0 Å². The van der Waals surface area contributed by atoms with Gasteiger partial charge in [-0.05, 0) is 54.7 Å². The van der Waals surface area contributed by atoms with Gasteiger partial charge in [-0.1, -0.05) is 24.3 Å². The summed E-state index contributed by atoms with van der Waals surface area (Å²) in [5.74, 6) is -4.54. The van der Waals surface area contributed by atoms with Crippen molar-refractivity contribution in [3.8, 4) is 17.2 Å². The summed E-state index contributed by atoms with van der Waals surface area (Å²) in [6, 6.07) is 10.8. The first kappa shape index (κ1) is 32.2. The first-order valence-electron chi connectivity index (χ1n) is 12.7. The molecule has 2 aromatic carbocycles. The third-order valence-corrected chi connectivity index (χ3v) is 5.26.